The maximum atomic E-state index is 11.0. The third-order valence-electron chi connectivity index (χ3n) is 4.72. The number of fused-ring (bicyclic) bond motifs is 2. The van der Waals surface area contributed by atoms with Gasteiger partial charge in [-0.2, -0.15) is 0 Å². The molecule has 116 valence electrons. The highest BCUT2D eigenvalue weighted by molar-refractivity contribution is 5.46. The Hall–Kier alpha value is -1.68. The molecule has 22 heavy (non-hydrogen) atoms. The van der Waals surface area contributed by atoms with Crippen molar-refractivity contribution in [2.45, 2.75) is 32.1 Å². The molecule has 2 N–H and O–H groups in total. The molecule has 0 radical (unpaired) electrons. The first-order chi connectivity index (χ1) is 10.7. The molecular weight excluding hydrogens is 274 g/mol. The molecule has 1 aliphatic rings. The van der Waals surface area contributed by atoms with E-state index in [1.807, 2.05) is 48.5 Å². The molecule has 0 heterocycles. The van der Waals surface area contributed by atoms with Crippen LogP contribution in [-0.4, -0.2) is 28.2 Å². The molecule has 2 aromatic rings. The summed E-state index contributed by atoms with van der Waals surface area (Å²) < 4.78 is 0. The van der Waals surface area contributed by atoms with Gasteiger partial charge in [0.15, 0.2) is 0 Å². The highest BCUT2D eigenvalue weighted by Gasteiger charge is 2.35. The zero-order valence-electron chi connectivity index (χ0n) is 13.1. The van der Waals surface area contributed by atoms with E-state index in [0.29, 0.717) is 0 Å². The minimum absolute atomic E-state index is 0.135. The Kier molecular flexibility index (Phi) is 4.30. The van der Waals surface area contributed by atoms with Gasteiger partial charge in [0.1, 0.15) is 6.10 Å². The first kappa shape index (κ1) is 15.2. The van der Waals surface area contributed by atoms with Crippen LogP contribution in [0.25, 0.3) is 0 Å². The summed E-state index contributed by atoms with van der Waals surface area (Å²) in [6.07, 6.45) is -1.34. The van der Waals surface area contributed by atoms with Crippen LogP contribution >= 0.6 is 0 Å². The third kappa shape index (κ3) is 2.35. The van der Waals surface area contributed by atoms with Gasteiger partial charge in [-0.1, -0.05) is 62.4 Å². The normalized spacial score (nSPS) is 23.8. The van der Waals surface area contributed by atoms with Crippen molar-refractivity contribution in [2.24, 2.45) is 0 Å². The molecule has 1 aliphatic carbocycles. The third-order valence-corrected chi connectivity index (χ3v) is 4.72. The first-order valence-corrected chi connectivity index (χ1v) is 7.96. The SMILES string of the molecule is CCN(CC)C1c2ccccc2C(O)c2ccccc2C1O. The van der Waals surface area contributed by atoms with Gasteiger partial charge in [-0.05, 0) is 35.3 Å². The Balaban J connectivity index is 2.24. The Morgan fingerprint density at radius 3 is 1.77 bits per heavy atom. The highest BCUT2D eigenvalue weighted by Crippen LogP contribution is 2.44. The van der Waals surface area contributed by atoms with E-state index in [0.717, 1.165) is 35.3 Å². The predicted octanol–water partition coefficient (Wildman–Crippen LogP) is 3.20. The maximum absolute atomic E-state index is 11.0. The topological polar surface area (TPSA) is 43.7 Å². The van der Waals surface area contributed by atoms with Crippen molar-refractivity contribution < 1.29 is 10.2 Å². The van der Waals surface area contributed by atoms with Crippen molar-refractivity contribution in [3.05, 3.63) is 70.8 Å². The van der Waals surface area contributed by atoms with Crippen LogP contribution in [0.2, 0.25) is 0 Å². The summed E-state index contributed by atoms with van der Waals surface area (Å²) in [5, 5.41) is 21.9. The molecule has 3 atom stereocenters. The summed E-state index contributed by atoms with van der Waals surface area (Å²) in [4.78, 5) is 2.25. The number of benzene rings is 2. The maximum Gasteiger partial charge on any atom is 0.105 e. The summed E-state index contributed by atoms with van der Waals surface area (Å²) >= 11 is 0. The van der Waals surface area contributed by atoms with E-state index in [9.17, 15) is 10.2 Å². The summed E-state index contributed by atoms with van der Waals surface area (Å²) in [5.74, 6) is 0. The number of rotatable bonds is 3. The average molecular weight is 297 g/mol. The molecule has 0 saturated heterocycles. The number of aliphatic hydroxyl groups excluding tert-OH is 2. The van der Waals surface area contributed by atoms with Crippen LogP contribution in [0, 0.1) is 0 Å². The Bertz CT molecular complexity index is 651. The van der Waals surface area contributed by atoms with Crippen LogP contribution in [0.5, 0.6) is 0 Å². The molecule has 0 aromatic heterocycles. The molecular formula is C19H23NO2. The molecule has 3 nitrogen and oxygen atoms in total. The molecule has 0 saturated carbocycles. The van der Waals surface area contributed by atoms with Crippen LogP contribution in [0.1, 0.15) is 54.4 Å². The van der Waals surface area contributed by atoms with Gasteiger partial charge < -0.3 is 10.2 Å². The van der Waals surface area contributed by atoms with Crippen molar-refractivity contribution in [3.63, 3.8) is 0 Å². The van der Waals surface area contributed by atoms with Crippen molar-refractivity contribution in [1.82, 2.24) is 4.90 Å². The second kappa shape index (κ2) is 6.21. The first-order valence-electron chi connectivity index (χ1n) is 7.96. The molecule has 0 amide bonds. The second-order valence-electron chi connectivity index (χ2n) is 5.77. The molecule has 3 heteroatoms. The van der Waals surface area contributed by atoms with Crippen molar-refractivity contribution in [3.8, 4) is 0 Å². The van der Waals surface area contributed by atoms with E-state index >= 15 is 0 Å². The van der Waals surface area contributed by atoms with E-state index in [1.54, 1.807) is 0 Å². The number of aliphatic hydroxyl groups is 2. The summed E-state index contributed by atoms with van der Waals surface area (Å²) in [6, 6.07) is 15.4. The lowest BCUT2D eigenvalue weighted by molar-refractivity contribution is 0.0532. The molecule has 0 aliphatic heterocycles. The fraction of sp³-hybridized carbons (Fsp3) is 0.368. The monoisotopic (exact) mass is 297 g/mol. The Labute approximate surface area is 131 Å². The van der Waals surface area contributed by atoms with Gasteiger partial charge >= 0.3 is 0 Å². The van der Waals surface area contributed by atoms with Crippen LogP contribution in [-0.2, 0) is 0 Å². The van der Waals surface area contributed by atoms with Crippen LogP contribution in [0.3, 0.4) is 0 Å². The second-order valence-corrected chi connectivity index (χ2v) is 5.77. The molecule has 0 bridgehead atoms. The van der Waals surface area contributed by atoms with Gasteiger partial charge in [0.25, 0.3) is 0 Å². The zero-order chi connectivity index (χ0) is 15.7. The van der Waals surface area contributed by atoms with Crippen molar-refractivity contribution in [2.75, 3.05) is 13.1 Å². The Morgan fingerprint density at radius 1 is 0.773 bits per heavy atom. The summed E-state index contributed by atoms with van der Waals surface area (Å²) in [6.45, 7) is 5.91. The molecule has 0 spiro atoms. The molecule has 0 fully saturated rings. The van der Waals surface area contributed by atoms with Gasteiger partial charge in [-0.3, -0.25) is 4.90 Å². The van der Waals surface area contributed by atoms with E-state index in [4.69, 9.17) is 0 Å². The molecule has 2 aromatic carbocycles. The molecule has 3 unspecified atom stereocenters. The lowest BCUT2D eigenvalue weighted by Gasteiger charge is -2.34. The molecule has 3 rings (SSSR count). The number of likely N-dealkylation sites (N-methyl/N-ethyl adjacent to an activating group) is 1. The van der Waals surface area contributed by atoms with Crippen LogP contribution in [0.4, 0.5) is 0 Å². The highest BCUT2D eigenvalue weighted by atomic mass is 16.3. The van der Waals surface area contributed by atoms with Gasteiger partial charge in [-0.25, -0.2) is 0 Å². The van der Waals surface area contributed by atoms with E-state index < -0.39 is 12.2 Å². The van der Waals surface area contributed by atoms with Crippen LogP contribution < -0.4 is 0 Å². The number of nitrogens with zero attached hydrogens (tertiary/aromatic N) is 1. The fourth-order valence-electron chi connectivity index (χ4n) is 3.58. The largest absolute Gasteiger partial charge is 0.386 e. The predicted molar refractivity (Wildman–Crippen MR) is 87.6 cm³/mol. The average Bonchev–Trinajstić information content (AvgIpc) is 2.66. The van der Waals surface area contributed by atoms with Crippen LogP contribution in [0.15, 0.2) is 48.5 Å². The number of hydrogen-bond donors (Lipinski definition) is 2. The minimum atomic E-state index is -0.692. The quantitative estimate of drug-likeness (QED) is 0.914. The van der Waals surface area contributed by atoms with Crippen molar-refractivity contribution in [1.29, 1.82) is 0 Å². The van der Waals surface area contributed by atoms with Crippen molar-refractivity contribution >= 4 is 0 Å². The van der Waals surface area contributed by atoms with E-state index in [1.165, 1.54) is 0 Å². The lowest BCUT2D eigenvalue weighted by Crippen LogP contribution is -2.32. The van der Waals surface area contributed by atoms with Gasteiger partial charge in [-0.15, -0.1) is 0 Å². The zero-order valence-corrected chi connectivity index (χ0v) is 13.1. The lowest BCUT2D eigenvalue weighted by atomic mass is 9.94. The fourth-order valence-corrected chi connectivity index (χ4v) is 3.58. The number of hydrogen-bond acceptors (Lipinski definition) is 3. The Morgan fingerprint density at radius 2 is 1.23 bits per heavy atom. The van der Waals surface area contributed by atoms with E-state index in [-0.39, 0.29) is 6.04 Å². The van der Waals surface area contributed by atoms with Gasteiger partial charge in [0.2, 0.25) is 0 Å². The summed E-state index contributed by atoms with van der Waals surface area (Å²) in [7, 11) is 0. The summed E-state index contributed by atoms with van der Waals surface area (Å²) in [5.41, 5.74) is 3.53. The minimum Gasteiger partial charge on any atom is -0.386 e. The van der Waals surface area contributed by atoms with Gasteiger partial charge in [0.05, 0.1) is 12.1 Å². The van der Waals surface area contributed by atoms with E-state index in [2.05, 4.69) is 18.7 Å². The van der Waals surface area contributed by atoms with Gasteiger partial charge in [0, 0.05) is 0 Å². The smallest absolute Gasteiger partial charge is 0.105 e. The standard InChI is InChI=1S/C19H23NO2/c1-3-20(4-2)17-13-9-5-6-10-14(13)18(21)15-11-7-8-12-16(15)19(17)22/h5-12,17-19,21-22H,3-4H2,1-2H3.